The molecule has 1 atom stereocenters. The second-order valence-electron chi connectivity index (χ2n) is 6.10. The maximum absolute atomic E-state index is 12.8. The summed E-state index contributed by atoms with van der Waals surface area (Å²) in [7, 11) is 1.54. The molecule has 27 heavy (non-hydrogen) atoms. The molecule has 0 radical (unpaired) electrons. The van der Waals surface area contributed by atoms with Crippen molar-refractivity contribution in [1.82, 2.24) is 14.8 Å². The molecule has 7 heteroatoms. The molecule has 0 saturated heterocycles. The molecular formula is C20H21ClN4O2. The number of para-hydroxylation sites is 2. The van der Waals surface area contributed by atoms with Crippen LogP contribution in [-0.4, -0.2) is 33.2 Å². The fraction of sp³-hybridized carbons (Fsp3) is 0.250. The first-order valence-electron chi connectivity index (χ1n) is 8.57. The van der Waals surface area contributed by atoms with Gasteiger partial charge in [-0.15, -0.1) is 16.7 Å². The van der Waals surface area contributed by atoms with Crippen LogP contribution in [0.15, 0.2) is 54.6 Å². The Hall–Kier alpha value is -2.86. The first-order chi connectivity index (χ1) is 13.0. The zero-order valence-corrected chi connectivity index (χ0v) is 16.2. The molecule has 6 nitrogen and oxygen atoms in total. The highest BCUT2D eigenvalue weighted by atomic mass is 35.5. The van der Waals surface area contributed by atoms with E-state index in [1.165, 1.54) is 0 Å². The van der Waals surface area contributed by atoms with Gasteiger partial charge < -0.3 is 9.64 Å². The lowest BCUT2D eigenvalue weighted by molar-refractivity contribution is -0.118. The van der Waals surface area contributed by atoms with Gasteiger partial charge in [0.2, 0.25) is 5.91 Å². The maximum atomic E-state index is 12.8. The highest BCUT2D eigenvalue weighted by Crippen LogP contribution is 2.25. The molecule has 0 aliphatic rings. The molecule has 1 aromatic heterocycles. The molecule has 1 amide bonds. The number of carbonyl (C=O) groups is 1. The van der Waals surface area contributed by atoms with Crippen molar-refractivity contribution in [3.05, 3.63) is 66.0 Å². The second kappa shape index (κ2) is 8.22. The van der Waals surface area contributed by atoms with Crippen molar-refractivity contribution in [3.8, 4) is 11.7 Å². The van der Waals surface area contributed by atoms with Crippen LogP contribution in [0.4, 0.5) is 5.69 Å². The number of aromatic nitrogens is 3. The maximum Gasteiger partial charge on any atom is 0.321 e. The lowest BCUT2D eigenvalue weighted by Crippen LogP contribution is -2.36. The molecule has 3 aromatic rings. The number of hydrogen-bond donors (Lipinski definition) is 0. The summed E-state index contributed by atoms with van der Waals surface area (Å²) in [5, 5.41) is 7.69. The van der Waals surface area contributed by atoms with Crippen LogP contribution >= 0.6 is 11.6 Å². The standard InChI is InChI=1S/C20H21ClN4O2/c1-14-9-7-8-12-17(14)24(19(26)15(2)21)13-18-22-23-20(27-3)25(18)16-10-5-4-6-11-16/h4-12,15H,13H2,1-3H3. The Morgan fingerprint density at radius 3 is 2.44 bits per heavy atom. The molecular weight excluding hydrogens is 364 g/mol. The topological polar surface area (TPSA) is 60.3 Å². The molecule has 140 valence electrons. The lowest BCUT2D eigenvalue weighted by Gasteiger charge is -2.25. The van der Waals surface area contributed by atoms with Crippen LogP contribution in [0, 0.1) is 6.92 Å². The van der Waals surface area contributed by atoms with Gasteiger partial charge in [0.05, 0.1) is 19.3 Å². The molecule has 0 bridgehead atoms. The van der Waals surface area contributed by atoms with E-state index in [4.69, 9.17) is 16.3 Å². The Kier molecular flexibility index (Phi) is 5.76. The monoisotopic (exact) mass is 384 g/mol. The number of carbonyl (C=O) groups excluding carboxylic acids is 1. The normalized spacial score (nSPS) is 11.9. The van der Waals surface area contributed by atoms with E-state index in [1.807, 2.05) is 61.5 Å². The van der Waals surface area contributed by atoms with E-state index in [1.54, 1.807) is 23.5 Å². The van der Waals surface area contributed by atoms with Gasteiger partial charge in [-0.1, -0.05) is 41.5 Å². The van der Waals surface area contributed by atoms with Crippen LogP contribution in [0.1, 0.15) is 18.3 Å². The quantitative estimate of drug-likeness (QED) is 0.607. The van der Waals surface area contributed by atoms with Crippen LogP contribution in [-0.2, 0) is 11.3 Å². The predicted molar refractivity (Wildman–Crippen MR) is 106 cm³/mol. The number of amides is 1. The summed E-state index contributed by atoms with van der Waals surface area (Å²) in [6.07, 6.45) is 0. The summed E-state index contributed by atoms with van der Waals surface area (Å²) in [6.45, 7) is 3.83. The predicted octanol–water partition coefficient (Wildman–Crippen LogP) is 3.74. The summed E-state index contributed by atoms with van der Waals surface area (Å²) in [5.41, 5.74) is 2.61. The Balaban J connectivity index is 2.06. The van der Waals surface area contributed by atoms with Gasteiger partial charge in [0.15, 0.2) is 5.82 Å². The van der Waals surface area contributed by atoms with Gasteiger partial charge in [-0.25, -0.2) is 4.57 Å². The van der Waals surface area contributed by atoms with Gasteiger partial charge in [-0.05, 0) is 37.6 Å². The van der Waals surface area contributed by atoms with Crippen molar-refractivity contribution < 1.29 is 9.53 Å². The van der Waals surface area contributed by atoms with Crippen LogP contribution in [0.25, 0.3) is 5.69 Å². The molecule has 0 saturated carbocycles. The van der Waals surface area contributed by atoms with Crippen molar-refractivity contribution in [2.75, 3.05) is 12.0 Å². The molecule has 1 unspecified atom stereocenters. The van der Waals surface area contributed by atoms with Gasteiger partial charge in [-0.2, -0.15) is 0 Å². The molecule has 2 aromatic carbocycles. The fourth-order valence-electron chi connectivity index (χ4n) is 2.88. The first-order valence-corrected chi connectivity index (χ1v) is 9.01. The third-order valence-electron chi connectivity index (χ3n) is 4.21. The molecule has 0 fully saturated rings. The van der Waals surface area contributed by atoms with Gasteiger partial charge >= 0.3 is 6.01 Å². The van der Waals surface area contributed by atoms with Crippen LogP contribution in [0.2, 0.25) is 0 Å². The van der Waals surface area contributed by atoms with Crippen molar-refractivity contribution >= 4 is 23.2 Å². The molecule has 0 spiro atoms. The van der Waals surface area contributed by atoms with Crippen molar-refractivity contribution in [2.45, 2.75) is 25.8 Å². The number of anilines is 1. The van der Waals surface area contributed by atoms with Crippen LogP contribution in [0.5, 0.6) is 6.01 Å². The Morgan fingerprint density at radius 2 is 1.81 bits per heavy atom. The van der Waals surface area contributed by atoms with E-state index in [2.05, 4.69) is 10.2 Å². The number of benzene rings is 2. The molecule has 0 aliphatic carbocycles. The summed E-state index contributed by atoms with van der Waals surface area (Å²) >= 11 is 6.12. The van der Waals surface area contributed by atoms with Gasteiger partial charge in [0, 0.05) is 5.69 Å². The number of alkyl halides is 1. The van der Waals surface area contributed by atoms with E-state index in [0.29, 0.717) is 11.8 Å². The number of halogens is 1. The third-order valence-corrected chi connectivity index (χ3v) is 4.40. The van der Waals surface area contributed by atoms with Crippen molar-refractivity contribution in [2.24, 2.45) is 0 Å². The van der Waals surface area contributed by atoms with Crippen LogP contribution < -0.4 is 9.64 Å². The average Bonchev–Trinajstić information content (AvgIpc) is 3.09. The first kappa shape index (κ1) is 18.9. The number of ether oxygens (including phenoxy) is 1. The molecule has 0 aliphatic heterocycles. The summed E-state index contributed by atoms with van der Waals surface area (Å²) < 4.78 is 7.15. The fourth-order valence-corrected chi connectivity index (χ4v) is 2.99. The van der Waals surface area contributed by atoms with E-state index in [0.717, 1.165) is 16.9 Å². The smallest absolute Gasteiger partial charge is 0.321 e. The third kappa shape index (κ3) is 3.95. The summed E-state index contributed by atoms with van der Waals surface area (Å²) in [4.78, 5) is 14.5. The minimum Gasteiger partial charge on any atom is -0.467 e. The number of hydrogen-bond acceptors (Lipinski definition) is 4. The largest absolute Gasteiger partial charge is 0.467 e. The Labute approximate surface area is 163 Å². The van der Waals surface area contributed by atoms with Gasteiger partial charge in [0.25, 0.3) is 0 Å². The minimum absolute atomic E-state index is 0.201. The molecule has 0 N–H and O–H groups in total. The zero-order valence-electron chi connectivity index (χ0n) is 15.5. The average molecular weight is 385 g/mol. The highest BCUT2D eigenvalue weighted by Gasteiger charge is 2.25. The van der Waals surface area contributed by atoms with Gasteiger partial charge in [0.1, 0.15) is 5.38 Å². The van der Waals surface area contributed by atoms with Crippen LogP contribution in [0.3, 0.4) is 0 Å². The second-order valence-corrected chi connectivity index (χ2v) is 6.76. The van der Waals surface area contributed by atoms with E-state index in [-0.39, 0.29) is 12.5 Å². The minimum atomic E-state index is -0.667. The highest BCUT2D eigenvalue weighted by molar-refractivity contribution is 6.32. The molecule has 3 rings (SSSR count). The Morgan fingerprint density at radius 1 is 1.15 bits per heavy atom. The lowest BCUT2D eigenvalue weighted by atomic mass is 10.1. The van der Waals surface area contributed by atoms with Crippen molar-refractivity contribution in [1.29, 1.82) is 0 Å². The summed E-state index contributed by atoms with van der Waals surface area (Å²) in [5.74, 6) is 0.375. The van der Waals surface area contributed by atoms with Gasteiger partial charge in [-0.3, -0.25) is 4.79 Å². The number of nitrogens with zero attached hydrogens (tertiary/aromatic N) is 4. The van der Waals surface area contributed by atoms with E-state index in [9.17, 15) is 4.79 Å². The van der Waals surface area contributed by atoms with Crippen molar-refractivity contribution in [3.63, 3.8) is 0 Å². The van der Waals surface area contributed by atoms with E-state index >= 15 is 0 Å². The summed E-state index contributed by atoms with van der Waals surface area (Å²) in [6, 6.07) is 17.7. The number of methoxy groups -OCH3 is 1. The van der Waals surface area contributed by atoms with E-state index < -0.39 is 5.38 Å². The zero-order chi connectivity index (χ0) is 19.4. The number of aryl methyl sites for hydroxylation is 1. The number of rotatable bonds is 6. The molecule has 1 heterocycles. The SMILES string of the molecule is COc1nnc(CN(C(=O)C(C)Cl)c2ccccc2C)n1-c1ccccc1. The Bertz CT molecular complexity index is 925.